The Hall–Kier alpha value is -1.20. The van der Waals surface area contributed by atoms with E-state index in [0.29, 0.717) is 6.42 Å². The van der Waals surface area contributed by atoms with Gasteiger partial charge in [-0.15, -0.1) is 12.4 Å². The molecule has 0 aliphatic heterocycles. The first-order chi connectivity index (χ1) is 9.08. The van der Waals surface area contributed by atoms with Crippen molar-refractivity contribution in [2.75, 3.05) is 6.54 Å². The van der Waals surface area contributed by atoms with Crippen LogP contribution in [0.5, 0.6) is 0 Å². The fraction of sp³-hybridized carbons (Fsp3) is 0.500. The average Bonchev–Trinajstić information content (AvgIpc) is 2.79. The lowest BCUT2D eigenvalue weighted by Gasteiger charge is -2.11. The van der Waals surface area contributed by atoms with E-state index in [4.69, 9.17) is 5.73 Å². The van der Waals surface area contributed by atoms with Gasteiger partial charge in [-0.2, -0.15) is 0 Å². The van der Waals surface area contributed by atoms with Crippen molar-refractivity contribution in [3.8, 4) is 0 Å². The molecule has 0 spiro atoms. The van der Waals surface area contributed by atoms with E-state index in [1.165, 1.54) is 18.2 Å². The lowest BCUT2D eigenvalue weighted by Crippen LogP contribution is -2.32. The topological polar surface area (TPSA) is 55.1 Å². The van der Waals surface area contributed by atoms with E-state index in [1.54, 1.807) is 0 Å². The number of nitrogens with two attached hydrogens (primary N) is 1. The first kappa shape index (κ1) is 16.9. The van der Waals surface area contributed by atoms with E-state index >= 15 is 0 Å². The summed E-state index contributed by atoms with van der Waals surface area (Å²) in [7, 11) is 0. The van der Waals surface area contributed by atoms with Crippen LogP contribution in [0.3, 0.4) is 0 Å². The molecule has 112 valence electrons. The normalized spacial score (nSPS) is 21.4. The van der Waals surface area contributed by atoms with Gasteiger partial charge in [0.15, 0.2) is 0 Å². The van der Waals surface area contributed by atoms with Crippen molar-refractivity contribution < 1.29 is 13.6 Å². The molecule has 0 radical (unpaired) electrons. The van der Waals surface area contributed by atoms with Crippen LogP contribution < -0.4 is 11.1 Å². The van der Waals surface area contributed by atoms with Crippen molar-refractivity contribution in [1.82, 2.24) is 5.32 Å². The van der Waals surface area contributed by atoms with Crippen molar-refractivity contribution in [2.45, 2.75) is 31.7 Å². The van der Waals surface area contributed by atoms with E-state index in [9.17, 15) is 13.6 Å². The van der Waals surface area contributed by atoms with Crippen LogP contribution in [0.4, 0.5) is 8.78 Å². The lowest BCUT2D eigenvalue weighted by atomic mass is 10.1. The zero-order chi connectivity index (χ0) is 13.8. The molecule has 0 saturated heterocycles. The summed E-state index contributed by atoms with van der Waals surface area (Å²) in [4.78, 5) is 11.8. The van der Waals surface area contributed by atoms with Gasteiger partial charge in [0, 0.05) is 24.1 Å². The molecule has 0 bridgehead atoms. The Morgan fingerprint density at radius 2 is 1.95 bits per heavy atom. The molecule has 2 rings (SSSR count). The van der Waals surface area contributed by atoms with Crippen LogP contribution in [0.2, 0.25) is 0 Å². The molecule has 0 aromatic heterocycles. The minimum atomic E-state index is -0.572. The monoisotopic (exact) mass is 304 g/mol. The summed E-state index contributed by atoms with van der Waals surface area (Å²) < 4.78 is 26.7. The Bertz CT molecular complexity index is 450. The molecule has 3 N–H and O–H groups in total. The van der Waals surface area contributed by atoms with Crippen LogP contribution in [0.25, 0.3) is 0 Å². The predicted octanol–water partition coefficient (Wildman–Crippen LogP) is 2.17. The van der Waals surface area contributed by atoms with E-state index in [2.05, 4.69) is 5.32 Å². The second-order valence-electron chi connectivity index (χ2n) is 5.01. The summed E-state index contributed by atoms with van der Waals surface area (Å²) in [5.41, 5.74) is 5.76. The Balaban J connectivity index is 0.00000200. The summed E-state index contributed by atoms with van der Waals surface area (Å²) in [6, 6.07) is 3.86. The highest BCUT2D eigenvalue weighted by Gasteiger charge is 2.27. The Kier molecular flexibility index (Phi) is 6.36. The first-order valence-electron chi connectivity index (χ1n) is 6.54. The molecule has 1 amide bonds. The Morgan fingerprint density at radius 3 is 2.50 bits per heavy atom. The highest BCUT2D eigenvalue weighted by atomic mass is 35.5. The largest absolute Gasteiger partial charge is 0.356 e. The Labute approximate surface area is 123 Å². The number of carbonyl (C=O) groups excluding carboxylic acids is 1. The number of hydrogen-bond donors (Lipinski definition) is 2. The molecule has 2 atom stereocenters. The predicted molar refractivity (Wildman–Crippen MR) is 75.6 cm³/mol. The summed E-state index contributed by atoms with van der Waals surface area (Å²) >= 11 is 0. The van der Waals surface area contributed by atoms with E-state index in [1.807, 2.05) is 0 Å². The minimum absolute atomic E-state index is 0. The number of rotatable bonds is 4. The molecule has 1 aromatic rings. The quantitative estimate of drug-likeness (QED) is 0.896. The molecule has 3 nitrogen and oxygen atoms in total. The molecule has 6 heteroatoms. The Morgan fingerprint density at radius 1 is 1.30 bits per heavy atom. The van der Waals surface area contributed by atoms with Crippen LogP contribution in [0.15, 0.2) is 18.2 Å². The third-order valence-corrected chi connectivity index (χ3v) is 3.58. The third kappa shape index (κ3) is 4.15. The SMILES string of the molecule is Cl.NC1CCC(C(=O)NCCc2c(F)cccc2F)C1. The maximum atomic E-state index is 13.4. The van der Waals surface area contributed by atoms with Crippen LogP contribution >= 0.6 is 12.4 Å². The molecular formula is C14H19ClF2N2O. The number of carbonyl (C=O) groups is 1. The summed E-state index contributed by atoms with van der Waals surface area (Å²) in [6.45, 7) is 0.239. The lowest BCUT2D eigenvalue weighted by molar-refractivity contribution is -0.124. The minimum Gasteiger partial charge on any atom is -0.356 e. The summed E-state index contributed by atoms with van der Waals surface area (Å²) in [6.07, 6.45) is 2.50. The van der Waals surface area contributed by atoms with E-state index in [0.717, 1.165) is 12.8 Å². The van der Waals surface area contributed by atoms with Crippen LogP contribution in [-0.4, -0.2) is 18.5 Å². The second kappa shape index (κ2) is 7.55. The first-order valence-corrected chi connectivity index (χ1v) is 6.54. The fourth-order valence-electron chi connectivity index (χ4n) is 2.48. The molecule has 20 heavy (non-hydrogen) atoms. The van der Waals surface area contributed by atoms with Gasteiger partial charge in [-0.3, -0.25) is 4.79 Å². The summed E-state index contributed by atoms with van der Waals surface area (Å²) in [5, 5.41) is 2.72. The van der Waals surface area contributed by atoms with Gasteiger partial charge < -0.3 is 11.1 Å². The molecule has 1 aliphatic rings. The maximum absolute atomic E-state index is 13.4. The molecule has 0 heterocycles. The van der Waals surface area contributed by atoms with E-state index < -0.39 is 11.6 Å². The molecular weight excluding hydrogens is 286 g/mol. The smallest absolute Gasteiger partial charge is 0.223 e. The van der Waals surface area contributed by atoms with Gasteiger partial charge in [0.25, 0.3) is 0 Å². The molecule has 1 aromatic carbocycles. The maximum Gasteiger partial charge on any atom is 0.223 e. The fourth-order valence-corrected chi connectivity index (χ4v) is 2.48. The highest BCUT2D eigenvalue weighted by Crippen LogP contribution is 2.24. The number of hydrogen-bond acceptors (Lipinski definition) is 2. The van der Waals surface area contributed by atoms with Crippen LogP contribution in [0, 0.1) is 17.6 Å². The molecule has 1 saturated carbocycles. The third-order valence-electron chi connectivity index (χ3n) is 3.58. The zero-order valence-electron chi connectivity index (χ0n) is 11.1. The van der Waals surface area contributed by atoms with Crippen molar-refractivity contribution in [1.29, 1.82) is 0 Å². The highest BCUT2D eigenvalue weighted by molar-refractivity contribution is 5.85. The van der Waals surface area contributed by atoms with Gasteiger partial charge in [-0.25, -0.2) is 8.78 Å². The standard InChI is InChI=1S/C14H18F2N2O.ClH/c15-12-2-1-3-13(16)11(12)6-7-18-14(19)9-4-5-10(17)8-9;/h1-3,9-10H,4-8,17H2,(H,18,19);1H. The molecule has 2 unspecified atom stereocenters. The molecule has 1 aliphatic carbocycles. The average molecular weight is 305 g/mol. The van der Waals surface area contributed by atoms with Gasteiger partial charge in [0.1, 0.15) is 11.6 Å². The second-order valence-corrected chi connectivity index (χ2v) is 5.01. The van der Waals surface area contributed by atoms with Crippen LogP contribution in [-0.2, 0) is 11.2 Å². The number of nitrogens with one attached hydrogen (secondary N) is 1. The van der Waals surface area contributed by atoms with Crippen molar-refractivity contribution >= 4 is 18.3 Å². The van der Waals surface area contributed by atoms with Gasteiger partial charge in [0.05, 0.1) is 0 Å². The number of amides is 1. The van der Waals surface area contributed by atoms with Crippen molar-refractivity contribution in [2.24, 2.45) is 11.7 Å². The van der Waals surface area contributed by atoms with Gasteiger partial charge >= 0.3 is 0 Å². The number of benzene rings is 1. The number of halogens is 3. The van der Waals surface area contributed by atoms with Crippen molar-refractivity contribution in [3.05, 3.63) is 35.4 Å². The van der Waals surface area contributed by atoms with Gasteiger partial charge in [-0.1, -0.05) is 6.07 Å². The van der Waals surface area contributed by atoms with Gasteiger partial charge in [0.2, 0.25) is 5.91 Å². The van der Waals surface area contributed by atoms with Crippen molar-refractivity contribution in [3.63, 3.8) is 0 Å². The molecule has 1 fully saturated rings. The summed E-state index contributed by atoms with van der Waals surface area (Å²) in [5.74, 6) is -1.26. The van der Waals surface area contributed by atoms with Crippen LogP contribution in [0.1, 0.15) is 24.8 Å². The van der Waals surface area contributed by atoms with E-state index in [-0.39, 0.29) is 48.8 Å². The van der Waals surface area contributed by atoms with Gasteiger partial charge in [-0.05, 0) is 37.8 Å². The zero-order valence-corrected chi connectivity index (χ0v) is 11.9.